The fraction of sp³-hybridized carbons (Fsp3) is 0.556. The third-order valence-corrected chi connectivity index (χ3v) is 5.42. The zero-order valence-electron chi connectivity index (χ0n) is 12.6. The molecule has 0 aromatic heterocycles. The molecular weight excluding hydrogens is 264 g/mol. The molecule has 3 nitrogen and oxygen atoms in total. The van der Waals surface area contributed by atoms with Crippen LogP contribution in [0.1, 0.15) is 37.3 Å². The van der Waals surface area contributed by atoms with Crippen LogP contribution >= 0.6 is 0 Å². The van der Waals surface area contributed by atoms with Crippen LogP contribution in [0.15, 0.2) is 24.3 Å². The van der Waals surface area contributed by atoms with E-state index >= 15 is 0 Å². The number of benzene rings is 1. The quantitative estimate of drug-likeness (QED) is 0.807. The molecule has 21 heavy (non-hydrogen) atoms. The van der Waals surface area contributed by atoms with Crippen LogP contribution in [-0.2, 0) is 11.8 Å². The molecule has 1 aromatic carbocycles. The van der Waals surface area contributed by atoms with E-state index in [4.69, 9.17) is 9.47 Å². The number of methoxy groups -OCH3 is 1. The first kappa shape index (κ1) is 13.2. The molecule has 0 fully saturated rings. The van der Waals surface area contributed by atoms with Crippen molar-refractivity contribution in [2.45, 2.75) is 50.2 Å². The second-order valence-electron chi connectivity index (χ2n) is 6.79. The average molecular weight is 286 g/mol. The van der Waals surface area contributed by atoms with Crippen molar-refractivity contribution in [3.63, 3.8) is 0 Å². The van der Waals surface area contributed by atoms with E-state index in [0.29, 0.717) is 12.3 Å². The highest BCUT2D eigenvalue weighted by atomic mass is 16.5. The molecule has 1 spiro atoms. The maximum absolute atomic E-state index is 9.98. The first-order chi connectivity index (χ1) is 10.1. The van der Waals surface area contributed by atoms with Gasteiger partial charge in [0.1, 0.15) is 6.10 Å². The maximum atomic E-state index is 9.98. The van der Waals surface area contributed by atoms with Gasteiger partial charge in [-0.2, -0.15) is 0 Å². The molecule has 0 saturated heterocycles. The number of aliphatic hydroxyl groups excluding tert-OH is 1. The van der Waals surface area contributed by atoms with Crippen molar-refractivity contribution in [3.8, 4) is 11.5 Å². The molecule has 0 amide bonds. The Balaban J connectivity index is 1.95. The van der Waals surface area contributed by atoms with Gasteiger partial charge in [0, 0.05) is 12.0 Å². The second-order valence-corrected chi connectivity index (χ2v) is 6.79. The van der Waals surface area contributed by atoms with E-state index in [2.05, 4.69) is 19.1 Å². The lowest BCUT2D eigenvalue weighted by Crippen LogP contribution is -2.41. The number of ether oxygens (including phenoxy) is 2. The lowest BCUT2D eigenvalue weighted by atomic mass is 9.69. The Morgan fingerprint density at radius 2 is 2.24 bits per heavy atom. The summed E-state index contributed by atoms with van der Waals surface area (Å²) in [6.45, 7) is 2.32. The van der Waals surface area contributed by atoms with Gasteiger partial charge in [0.05, 0.1) is 18.6 Å². The van der Waals surface area contributed by atoms with Crippen LogP contribution in [0.25, 0.3) is 0 Å². The molecule has 3 heteroatoms. The van der Waals surface area contributed by atoms with Gasteiger partial charge in [-0.25, -0.2) is 0 Å². The third-order valence-electron chi connectivity index (χ3n) is 5.42. The van der Waals surface area contributed by atoms with Gasteiger partial charge in [0.25, 0.3) is 0 Å². The molecule has 1 N–H and O–H groups in total. The van der Waals surface area contributed by atoms with Gasteiger partial charge in [-0.3, -0.25) is 0 Å². The summed E-state index contributed by atoms with van der Waals surface area (Å²) < 4.78 is 11.8. The minimum Gasteiger partial charge on any atom is -0.493 e. The highest BCUT2D eigenvalue weighted by Crippen LogP contribution is 2.56. The number of hydrogen-bond acceptors (Lipinski definition) is 3. The molecule has 4 rings (SSSR count). The van der Waals surface area contributed by atoms with E-state index in [0.717, 1.165) is 24.3 Å². The normalized spacial score (nSPS) is 36.4. The molecule has 1 aliphatic heterocycles. The Hall–Kier alpha value is -1.48. The Bertz CT molecular complexity index is 607. The fourth-order valence-electron chi connectivity index (χ4n) is 4.33. The van der Waals surface area contributed by atoms with Crippen LogP contribution in [-0.4, -0.2) is 24.4 Å². The van der Waals surface area contributed by atoms with E-state index in [1.807, 2.05) is 12.1 Å². The molecule has 3 aliphatic rings. The van der Waals surface area contributed by atoms with Gasteiger partial charge < -0.3 is 14.6 Å². The minimum atomic E-state index is -0.398. The molecule has 1 heterocycles. The fourth-order valence-corrected chi connectivity index (χ4v) is 4.33. The summed E-state index contributed by atoms with van der Waals surface area (Å²) >= 11 is 0. The van der Waals surface area contributed by atoms with Crippen molar-refractivity contribution in [1.82, 2.24) is 0 Å². The first-order valence-corrected chi connectivity index (χ1v) is 7.88. The van der Waals surface area contributed by atoms with E-state index < -0.39 is 6.10 Å². The van der Waals surface area contributed by atoms with Crippen molar-refractivity contribution >= 4 is 0 Å². The summed E-state index contributed by atoms with van der Waals surface area (Å²) in [7, 11) is 1.69. The molecule has 3 unspecified atom stereocenters. The van der Waals surface area contributed by atoms with E-state index in [-0.39, 0.29) is 11.5 Å². The van der Waals surface area contributed by atoms with Crippen molar-refractivity contribution in [2.24, 2.45) is 5.92 Å². The van der Waals surface area contributed by atoms with Gasteiger partial charge in [-0.1, -0.05) is 25.1 Å². The van der Waals surface area contributed by atoms with Crippen LogP contribution in [0.4, 0.5) is 0 Å². The molecule has 0 radical (unpaired) electrons. The largest absolute Gasteiger partial charge is 0.493 e. The summed E-state index contributed by atoms with van der Waals surface area (Å²) in [5, 5.41) is 9.98. The lowest BCUT2D eigenvalue weighted by Gasteiger charge is -2.35. The van der Waals surface area contributed by atoms with Crippen LogP contribution < -0.4 is 9.47 Å². The highest BCUT2D eigenvalue weighted by molar-refractivity contribution is 5.61. The van der Waals surface area contributed by atoms with Gasteiger partial charge in [-0.15, -0.1) is 0 Å². The van der Waals surface area contributed by atoms with Crippen molar-refractivity contribution in [2.75, 3.05) is 7.11 Å². The van der Waals surface area contributed by atoms with Crippen LogP contribution in [0.3, 0.4) is 0 Å². The van der Waals surface area contributed by atoms with E-state index in [1.165, 1.54) is 17.5 Å². The van der Waals surface area contributed by atoms with Crippen LogP contribution in [0.5, 0.6) is 11.5 Å². The van der Waals surface area contributed by atoms with Gasteiger partial charge in [0.15, 0.2) is 11.5 Å². The maximum Gasteiger partial charge on any atom is 0.166 e. The highest BCUT2D eigenvalue weighted by Gasteiger charge is 2.52. The van der Waals surface area contributed by atoms with Gasteiger partial charge in [0.2, 0.25) is 0 Å². The van der Waals surface area contributed by atoms with Crippen molar-refractivity contribution in [1.29, 1.82) is 0 Å². The molecule has 1 aromatic rings. The molecule has 112 valence electrons. The zero-order chi connectivity index (χ0) is 14.6. The van der Waals surface area contributed by atoms with Crippen molar-refractivity contribution < 1.29 is 14.6 Å². The predicted molar refractivity (Wildman–Crippen MR) is 81.0 cm³/mol. The number of rotatable bonds is 1. The van der Waals surface area contributed by atoms with E-state index in [9.17, 15) is 5.11 Å². The summed E-state index contributed by atoms with van der Waals surface area (Å²) in [5.74, 6) is 2.41. The Morgan fingerprint density at radius 3 is 3.05 bits per heavy atom. The summed E-state index contributed by atoms with van der Waals surface area (Å²) in [6.07, 6.45) is 7.85. The summed E-state index contributed by atoms with van der Waals surface area (Å²) in [4.78, 5) is 0. The second kappa shape index (κ2) is 4.51. The monoisotopic (exact) mass is 286 g/mol. The predicted octanol–water partition coefficient (Wildman–Crippen LogP) is 2.99. The minimum absolute atomic E-state index is 0.0350. The molecule has 2 aliphatic carbocycles. The molecule has 0 bridgehead atoms. The third kappa shape index (κ3) is 1.76. The molecular formula is C18H22O3. The SMILES string of the molecule is COc1ccc2c3c1O[C@@H]1CC(O)C=CC31CCC(C)C2. The Morgan fingerprint density at radius 1 is 1.38 bits per heavy atom. The van der Waals surface area contributed by atoms with E-state index in [1.54, 1.807) is 7.11 Å². The average Bonchev–Trinajstić information content (AvgIpc) is 2.72. The lowest BCUT2D eigenvalue weighted by molar-refractivity contribution is 0.0832. The smallest absolute Gasteiger partial charge is 0.166 e. The summed E-state index contributed by atoms with van der Waals surface area (Å²) in [6, 6.07) is 4.23. The van der Waals surface area contributed by atoms with Crippen LogP contribution in [0, 0.1) is 5.92 Å². The number of aliphatic hydroxyl groups is 1. The summed E-state index contributed by atoms with van der Waals surface area (Å²) in [5.41, 5.74) is 2.64. The molecule has 0 saturated carbocycles. The Kier molecular flexibility index (Phi) is 2.83. The Labute approximate surface area is 125 Å². The van der Waals surface area contributed by atoms with Crippen molar-refractivity contribution in [3.05, 3.63) is 35.4 Å². The van der Waals surface area contributed by atoms with Crippen LogP contribution in [0.2, 0.25) is 0 Å². The first-order valence-electron chi connectivity index (χ1n) is 7.88. The van der Waals surface area contributed by atoms with Gasteiger partial charge in [-0.05, 0) is 36.8 Å². The zero-order valence-corrected chi connectivity index (χ0v) is 12.6. The molecule has 4 atom stereocenters. The standard InChI is InChI=1S/C18H22O3/c1-11-5-7-18-8-6-13(19)10-15(18)21-17-14(20-2)4-3-12(9-11)16(17)18/h3-4,6,8,11,13,15,19H,5,7,9-10H2,1-2H3/t11?,13?,15-,18?/m1/s1. The van der Waals surface area contributed by atoms with Gasteiger partial charge >= 0.3 is 0 Å². The topological polar surface area (TPSA) is 38.7 Å². The number of hydrogen-bond donors (Lipinski definition) is 1.